The largest absolute Gasteiger partial charge is 0.241 e. The van der Waals surface area contributed by atoms with Crippen LogP contribution in [0.2, 0.25) is 5.15 Å². The first kappa shape index (κ1) is 9.90. The van der Waals surface area contributed by atoms with E-state index in [0.29, 0.717) is 18.1 Å². The van der Waals surface area contributed by atoms with Gasteiger partial charge in [0, 0.05) is 5.69 Å². The number of carbonyl (C=O) groups excluding carboxylic acids is 1. The minimum atomic E-state index is 0.411. The van der Waals surface area contributed by atoms with Crippen molar-refractivity contribution in [3.05, 3.63) is 28.5 Å². The standard InChI is InChI=1S/C9H9ClN2O/c1-7-2-3-8(9(10)12-7)4-5-11-6-13/h2-3H,4-5H2,1H3. The molecule has 0 aliphatic heterocycles. The van der Waals surface area contributed by atoms with Crippen LogP contribution >= 0.6 is 11.6 Å². The first-order valence-corrected chi connectivity index (χ1v) is 4.27. The summed E-state index contributed by atoms with van der Waals surface area (Å²) in [6.07, 6.45) is 2.11. The van der Waals surface area contributed by atoms with Crippen molar-refractivity contribution in [2.75, 3.05) is 6.54 Å². The lowest BCUT2D eigenvalue weighted by Gasteiger charge is -2.00. The number of hydrogen-bond donors (Lipinski definition) is 0. The fraction of sp³-hybridized carbons (Fsp3) is 0.333. The smallest absolute Gasteiger partial charge is 0.234 e. The van der Waals surface area contributed by atoms with E-state index in [4.69, 9.17) is 11.6 Å². The van der Waals surface area contributed by atoms with Gasteiger partial charge in [-0.3, -0.25) is 0 Å². The Hall–Kier alpha value is -1.18. The molecule has 0 atom stereocenters. The lowest BCUT2D eigenvalue weighted by Crippen LogP contribution is -1.93. The number of pyridine rings is 1. The third-order valence-corrected chi connectivity index (χ3v) is 1.95. The summed E-state index contributed by atoms with van der Waals surface area (Å²) in [5, 5.41) is 0.487. The summed E-state index contributed by atoms with van der Waals surface area (Å²) in [5.41, 5.74) is 1.79. The van der Waals surface area contributed by atoms with Gasteiger partial charge in [-0.05, 0) is 25.0 Å². The number of nitrogens with zero attached hydrogens (tertiary/aromatic N) is 2. The molecule has 0 unspecified atom stereocenters. The number of hydrogen-bond acceptors (Lipinski definition) is 3. The van der Waals surface area contributed by atoms with Crippen molar-refractivity contribution >= 4 is 17.7 Å². The molecule has 68 valence electrons. The summed E-state index contributed by atoms with van der Waals surface area (Å²) in [7, 11) is 0. The first-order chi connectivity index (χ1) is 6.24. The molecule has 0 N–H and O–H groups in total. The number of aliphatic imine (C=N–C) groups is 1. The van der Waals surface area contributed by atoms with E-state index >= 15 is 0 Å². The fourth-order valence-corrected chi connectivity index (χ4v) is 1.25. The Morgan fingerprint density at radius 3 is 3.00 bits per heavy atom. The van der Waals surface area contributed by atoms with E-state index in [9.17, 15) is 4.79 Å². The summed E-state index contributed by atoms with van der Waals surface area (Å²) in [5.74, 6) is 0. The van der Waals surface area contributed by atoms with Crippen molar-refractivity contribution in [1.29, 1.82) is 0 Å². The molecule has 0 amide bonds. The van der Waals surface area contributed by atoms with Crippen molar-refractivity contribution in [3.63, 3.8) is 0 Å². The minimum absolute atomic E-state index is 0.411. The highest BCUT2D eigenvalue weighted by Gasteiger charge is 2.00. The summed E-state index contributed by atoms with van der Waals surface area (Å²) in [6.45, 7) is 2.28. The van der Waals surface area contributed by atoms with Gasteiger partial charge in [0.2, 0.25) is 6.08 Å². The SMILES string of the molecule is Cc1ccc(CCN=C=O)c(Cl)n1. The van der Waals surface area contributed by atoms with E-state index in [0.717, 1.165) is 11.3 Å². The fourth-order valence-electron chi connectivity index (χ4n) is 0.962. The highest BCUT2D eigenvalue weighted by molar-refractivity contribution is 6.30. The summed E-state index contributed by atoms with van der Waals surface area (Å²) < 4.78 is 0. The number of halogens is 1. The Bertz CT molecular complexity index is 345. The zero-order chi connectivity index (χ0) is 9.68. The summed E-state index contributed by atoms with van der Waals surface area (Å²) in [4.78, 5) is 17.3. The van der Waals surface area contributed by atoms with E-state index < -0.39 is 0 Å². The molecule has 0 saturated heterocycles. The predicted octanol–water partition coefficient (Wildman–Crippen LogP) is 1.92. The molecule has 1 aromatic heterocycles. The van der Waals surface area contributed by atoms with E-state index in [1.807, 2.05) is 19.1 Å². The van der Waals surface area contributed by atoms with Crippen LogP contribution in [0.4, 0.5) is 0 Å². The molecule has 0 spiro atoms. The molecular formula is C9H9ClN2O. The third-order valence-electron chi connectivity index (χ3n) is 1.62. The summed E-state index contributed by atoms with van der Waals surface area (Å²) >= 11 is 5.86. The van der Waals surface area contributed by atoms with Gasteiger partial charge in [0.05, 0.1) is 6.54 Å². The van der Waals surface area contributed by atoms with Crippen molar-refractivity contribution in [2.24, 2.45) is 4.99 Å². The van der Waals surface area contributed by atoms with E-state index in [1.54, 1.807) is 0 Å². The van der Waals surface area contributed by atoms with Crippen LogP contribution in [0.3, 0.4) is 0 Å². The maximum atomic E-state index is 9.79. The van der Waals surface area contributed by atoms with Crippen molar-refractivity contribution in [1.82, 2.24) is 4.98 Å². The van der Waals surface area contributed by atoms with Crippen molar-refractivity contribution < 1.29 is 4.79 Å². The van der Waals surface area contributed by atoms with Gasteiger partial charge in [-0.15, -0.1) is 0 Å². The molecule has 13 heavy (non-hydrogen) atoms. The highest BCUT2D eigenvalue weighted by atomic mass is 35.5. The molecule has 4 heteroatoms. The molecule has 0 bridgehead atoms. The average molecular weight is 197 g/mol. The molecule has 0 radical (unpaired) electrons. The lowest BCUT2D eigenvalue weighted by molar-refractivity contribution is 0.563. The van der Waals surface area contributed by atoms with Crippen LogP contribution in [0.25, 0.3) is 0 Å². The third kappa shape index (κ3) is 2.98. The van der Waals surface area contributed by atoms with Crippen LogP contribution in [0.5, 0.6) is 0 Å². The molecular weight excluding hydrogens is 188 g/mol. The predicted molar refractivity (Wildman–Crippen MR) is 50.7 cm³/mol. The van der Waals surface area contributed by atoms with Gasteiger partial charge in [-0.25, -0.2) is 14.8 Å². The average Bonchev–Trinajstić information content (AvgIpc) is 2.09. The molecule has 0 aliphatic carbocycles. The van der Waals surface area contributed by atoms with Crippen molar-refractivity contribution in [3.8, 4) is 0 Å². The van der Waals surface area contributed by atoms with Gasteiger partial charge < -0.3 is 0 Å². The lowest BCUT2D eigenvalue weighted by atomic mass is 10.2. The zero-order valence-electron chi connectivity index (χ0n) is 7.25. The summed E-state index contributed by atoms with van der Waals surface area (Å²) in [6, 6.07) is 3.77. The van der Waals surface area contributed by atoms with Gasteiger partial charge in [0.15, 0.2) is 0 Å². The van der Waals surface area contributed by atoms with Crippen LogP contribution in [-0.4, -0.2) is 17.6 Å². The Morgan fingerprint density at radius 1 is 1.62 bits per heavy atom. The maximum absolute atomic E-state index is 9.79. The second-order valence-electron chi connectivity index (χ2n) is 2.63. The van der Waals surface area contributed by atoms with Crippen LogP contribution in [0.15, 0.2) is 17.1 Å². The van der Waals surface area contributed by atoms with Crippen LogP contribution in [0.1, 0.15) is 11.3 Å². The van der Waals surface area contributed by atoms with Gasteiger partial charge in [0.25, 0.3) is 0 Å². The number of rotatable bonds is 3. The van der Waals surface area contributed by atoms with Crippen LogP contribution < -0.4 is 0 Å². The molecule has 0 fully saturated rings. The second kappa shape index (κ2) is 4.75. The molecule has 0 aliphatic rings. The Kier molecular flexibility index (Phi) is 3.62. The highest BCUT2D eigenvalue weighted by Crippen LogP contribution is 2.13. The van der Waals surface area contributed by atoms with Gasteiger partial charge in [-0.1, -0.05) is 17.7 Å². The van der Waals surface area contributed by atoms with E-state index in [-0.39, 0.29) is 0 Å². The first-order valence-electron chi connectivity index (χ1n) is 3.89. The number of isocyanates is 1. The van der Waals surface area contributed by atoms with Gasteiger partial charge in [-0.2, -0.15) is 0 Å². The Labute approximate surface area is 81.5 Å². The molecule has 1 rings (SSSR count). The quantitative estimate of drug-likeness (QED) is 0.421. The van der Waals surface area contributed by atoms with E-state index in [2.05, 4.69) is 9.98 Å². The van der Waals surface area contributed by atoms with Crippen LogP contribution in [0, 0.1) is 6.92 Å². The molecule has 3 nitrogen and oxygen atoms in total. The molecule has 1 aromatic rings. The Balaban J connectivity index is 2.71. The topological polar surface area (TPSA) is 42.3 Å². The van der Waals surface area contributed by atoms with Gasteiger partial charge >= 0.3 is 0 Å². The molecule has 1 heterocycles. The monoisotopic (exact) mass is 196 g/mol. The minimum Gasteiger partial charge on any atom is -0.241 e. The van der Waals surface area contributed by atoms with E-state index in [1.165, 1.54) is 6.08 Å². The zero-order valence-corrected chi connectivity index (χ0v) is 8.01. The Morgan fingerprint density at radius 2 is 2.38 bits per heavy atom. The normalized spacial score (nSPS) is 9.38. The van der Waals surface area contributed by atoms with Crippen LogP contribution in [-0.2, 0) is 11.2 Å². The number of aryl methyl sites for hydroxylation is 1. The molecule has 0 aromatic carbocycles. The maximum Gasteiger partial charge on any atom is 0.234 e. The molecule has 0 saturated carbocycles. The van der Waals surface area contributed by atoms with Crippen molar-refractivity contribution in [2.45, 2.75) is 13.3 Å². The van der Waals surface area contributed by atoms with Gasteiger partial charge in [0.1, 0.15) is 5.15 Å². The number of aromatic nitrogens is 1. The second-order valence-corrected chi connectivity index (χ2v) is 2.98.